The van der Waals surface area contributed by atoms with Crippen molar-refractivity contribution in [3.8, 4) is 0 Å². The van der Waals surface area contributed by atoms with Gasteiger partial charge in [-0.1, -0.05) is 96.6 Å². The van der Waals surface area contributed by atoms with Gasteiger partial charge < -0.3 is 18.3 Å². The minimum absolute atomic E-state index is 0. The molecule has 0 aliphatic heterocycles. The summed E-state index contributed by atoms with van der Waals surface area (Å²) in [6, 6.07) is 19.7. The number of hydrogen-bond acceptors (Lipinski definition) is 2. The summed E-state index contributed by atoms with van der Waals surface area (Å²) in [6.45, 7) is 26.7. The van der Waals surface area contributed by atoms with Crippen LogP contribution in [0.5, 0.6) is 0 Å². The molecule has 286 valence electrons. The van der Waals surface area contributed by atoms with E-state index in [4.69, 9.17) is 0 Å². The number of hydrogen-bond donors (Lipinski definition) is 0. The van der Waals surface area contributed by atoms with Crippen LogP contribution >= 0.6 is 0 Å². The van der Waals surface area contributed by atoms with E-state index >= 15 is 0 Å². The van der Waals surface area contributed by atoms with Gasteiger partial charge in [-0.25, -0.2) is 9.97 Å². The highest BCUT2D eigenvalue weighted by Gasteiger charge is 2.17. The van der Waals surface area contributed by atoms with Crippen LogP contribution in [0.3, 0.4) is 0 Å². The summed E-state index contributed by atoms with van der Waals surface area (Å²) in [5.41, 5.74) is 9.67. The van der Waals surface area contributed by atoms with Crippen LogP contribution in [-0.2, 0) is 49.9 Å². The minimum Gasteiger partial charge on any atom is -0.357 e. The smallest absolute Gasteiger partial charge is 0.139 e. The molecule has 0 saturated heterocycles. The molecule has 0 saturated carbocycles. The van der Waals surface area contributed by atoms with Gasteiger partial charge in [-0.3, -0.25) is 0 Å². The fourth-order valence-corrected chi connectivity index (χ4v) is 5.82. The maximum absolute atomic E-state index is 4.47. The first kappa shape index (κ1) is 42.8. The molecule has 0 aliphatic carbocycles. The Labute approximate surface area is 320 Å². The largest absolute Gasteiger partial charge is 0.357 e. The predicted octanol–water partition coefficient (Wildman–Crippen LogP) is 12.2. The third-order valence-corrected chi connectivity index (χ3v) is 9.60. The Bertz CT molecular complexity index is 2010. The summed E-state index contributed by atoms with van der Waals surface area (Å²) >= 11 is 0. The number of aryl methyl sites for hydroxylation is 4. The zero-order valence-corrected chi connectivity index (χ0v) is 34.9. The number of aromatic nitrogens is 6. The number of benzene rings is 1. The molecule has 0 atom stereocenters. The molecule has 0 N–H and O–H groups in total. The minimum atomic E-state index is 0. The van der Waals surface area contributed by atoms with Crippen LogP contribution in [0.15, 0.2) is 98.0 Å². The monoisotopic (exact) mass is 717 g/mol. The molecule has 0 radical (unpaired) electrons. The first-order chi connectivity index (χ1) is 23.9. The fourth-order valence-electron chi connectivity index (χ4n) is 5.82. The van der Waals surface area contributed by atoms with Crippen LogP contribution in [0.4, 0.5) is 0 Å². The van der Waals surface area contributed by atoms with Crippen LogP contribution in [0.2, 0.25) is 0 Å². The molecule has 1 aromatic carbocycles. The molecule has 53 heavy (non-hydrogen) atoms. The van der Waals surface area contributed by atoms with Crippen molar-refractivity contribution in [3.63, 3.8) is 0 Å². The molecule has 0 spiro atoms. The molecule has 0 amide bonds. The third-order valence-electron chi connectivity index (χ3n) is 9.60. The van der Waals surface area contributed by atoms with Crippen LogP contribution in [0, 0.1) is 0 Å². The van der Waals surface area contributed by atoms with Crippen LogP contribution in [-0.4, -0.2) is 28.2 Å². The zero-order valence-electron chi connectivity index (χ0n) is 34.9. The average Bonchev–Trinajstić information content (AvgIpc) is 3.84. The van der Waals surface area contributed by atoms with Gasteiger partial charge in [-0.05, 0) is 97.8 Å². The van der Waals surface area contributed by atoms with Crippen molar-refractivity contribution in [1.29, 1.82) is 0 Å². The van der Waals surface area contributed by atoms with E-state index in [2.05, 4.69) is 189 Å². The number of fused-ring (bicyclic) bond motifs is 3. The summed E-state index contributed by atoms with van der Waals surface area (Å²) in [7, 11) is 8.17. The highest BCUT2D eigenvalue weighted by Crippen LogP contribution is 2.27. The SMILES string of the molecule is C.Cn1ccc(C(C)(C)C)c1.Cn1ccc2cc(C(C)(C)C)ccc21.Cn1ccc2cc(C(C)(C)C)cnc21.Cn1ccc2cc(C(C)(C)C)cnc21. The first-order valence-electron chi connectivity index (χ1n) is 18.5. The normalized spacial score (nSPS) is 12.0. The molecule has 6 heteroatoms. The van der Waals surface area contributed by atoms with Crippen LogP contribution < -0.4 is 0 Å². The summed E-state index contributed by atoms with van der Waals surface area (Å²) < 4.78 is 8.33. The Balaban J connectivity index is 0.000000191. The van der Waals surface area contributed by atoms with Crippen molar-refractivity contribution in [2.24, 2.45) is 28.2 Å². The maximum Gasteiger partial charge on any atom is 0.139 e. The van der Waals surface area contributed by atoms with Crippen molar-refractivity contribution in [1.82, 2.24) is 28.2 Å². The van der Waals surface area contributed by atoms with E-state index in [0.29, 0.717) is 5.41 Å². The van der Waals surface area contributed by atoms with Gasteiger partial charge in [0.25, 0.3) is 0 Å². The highest BCUT2D eigenvalue weighted by atomic mass is 15.0. The second-order valence-electron chi connectivity index (χ2n) is 18.4. The van der Waals surface area contributed by atoms with Crippen LogP contribution in [0.1, 0.15) is 113 Å². The Kier molecular flexibility index (Phi) is 13.1. The van der Waals surface area contributed by atoms with Gasteiger partial charge in [-0.15, -0.1) is 0 Å². The lowest BCUT2D eigenvalue weighted by Crippen LogP contribution is -2.11. The molecule has 0 aliphatic rings. The van der Waals surface area contributed by atoms with Gasteiger partial charge in [0.15, 0.2) is 0 Å². The van der Waals surface area contributed by atoms with Crippen molar-refractivity contribution in [2.45, 2.75) is 112 Å². The lowest BCUT2D eigenvalue weighted by Gasteiger charge is -2.18. The molecule has 6 heterocycles. The van der Waals surface area contributed by atoms with Gasteiger partial charge >= 0.3 is 0 Å². The quantitative estimate of drug-likeness (QED) is 0.157. The summed E-state index contributed by atoms with van der Waals surface area (Å²) in [5.74, 6) is 0. The maximum atomic E-state index is 4.47. The summed E-state index contributed by atoms with van der Waals surface area (Å²) in [6.07, 6.45) is 14.4. The summed E-state index contributed by atoms with van der Waals surface area (Å²) in [5, 5.41) is 3.78. The second-order valence-corrected chi connectivity index (χ2v) is 18.4. The molecule has 7 aromatic rings. The van der Waals surface area contributed by atoms with E-state index < -0.39 is 0 Å². The van der Waals surface area contributed by atoms with Crippen molar-refractivity contribution >= 4 is 33.0 Å². The fraction of sp³-hybridized carbons (Fsp3) is 0.447. The molecular weight excluding hydrogens is 649 g/mol. The van der Waals surface area contributed by atoms with E-state index in [9.17, 15) is 0 Å². The Hall–Kier alpha value is -4.58. The van der Waals surface area contributed by atoms with Crippen molar-refractivity contribution in [2.75, 3.05) is 0 Å². The van der Waals surface area contributed by atoms with Crippen molar-refractivity contribution in [3.05, 3.63) is 120 Å². The van der Waals surface area contributed by atoms with Crippen LogP contribution in [0.25, 0.3) is 33.0 Å². The first-order valence-corrected chi connectivity index (χ1v) is 18.5. The third kappa shape index (κ3) is 11.0. The van der Waals surface area contributed by atoms with Crippen molar-refractivity contribution < 1.29 is 0 Å². The Morgan fingerprint density at radius 1 is 0.415 bits per heavy atom. The average molecular weight is 717 g/mol. The summed E-state index contributed by atoms with van der Waals surface area (Å²) in [4.78, 5) is 8.94. The topological polar surface area (TPSA) is 45.5 Å². The van der Waals surface area contributed by atoms with E-state index in [1.165, 1.54) is 43.9 Å². The van der Waals surface area contributed by atoms with E-state index in [1.807, 2.05) is 48.0 Å². The predicted molar refractivity (Wildman–Crippen MR) is 231 cm³/mol. The molecule has 7 rings (SSSR count). The lowest BCUT2D eigenvalue weighted by atomic mass is 9.86. The Morgan fingerprint density at radius 2 is 0.811 bits per heavy atom. The van der Waals surface area contributed by atoms with E-state index in [0.717, 1.165) is 11.3 Å². The standard InChI is InChI=1S/C13H17N.2C12H16N2.C9H15N.CH4/c1-13(2,3)11-5-6-12-10(9-11)7-8-14(12)4;2*1-12(2,3)10-7-9-5-6-14(4)11(9)13-8-10;1-9(2,3)8-5-6-10(4)7-8;/h5-9H,1-4H3;2*5-8H,1-4H3;5-7H,1-4H3;1H4. The molecule has 0 fully saturated rings. The van der Waals surface area contributed by atoms with Gasteiger partial charge in [0.1, 0.15) is 11.3 Å². The van der Waals surface area contributed by atoms with Gasteiger partial charge in [0.05, 0.1) is 0 Å². The van der Waals surface area contributed by atoms with Gasteiger partial charge in [-0.2, -0.15) is 0 Å². The number of rotatable bonds is 0. The van der Waals surface area contributed by atoms with E-state index in [1.54, 1.807) is 0 Å². The molecule has 6 nitrogen and oxygen atoms in total. The number of pyridine rings is 2. The molecule has 0 bridgehead atoms. The molecule has 6 aromatic heterocycles. The highest BCUT2D eigenvalue weighted by molar-refractivity contribution is 5.81. The lowest BCUT2D eigenvalue weighted by molar-refractivity contribution is 0.588. The molecule has 0 unspecified atom stereocenters. The Morgan fingerprint density at radius 3 is 1.19 bits per heavy atom. The van der Waals surface area contributed by atoms with Gasteiger partial charge in [0, 0.05) is 87.9 Å². The zero-order chi connectivity index (χ0) is 38.8. The van der Waals surface area contributed by atoms with E-state index in [-0.39, 0.29) is 23.7 Å². The second kappa shape index (κ2) is 16.2. The molecular formula is C47H68N6. The number of nitrogens with zero attached hydrogens (tertiary/aromatic N) is 6. The van der Waals surface area contributed by atoms with Gasteiger partial charge in [0.2, 0.25) is 0 Å².